The average Bonchev–Trinajstić information content (AvgIpc) is 3.23. The van der Waals surface area contributed by atoms with Gasteiger partial charge in [0, 0.05) is 13.3 Å². The van der Waals surface area contributed by atoms with Gasteiger partial charge in [-0.1, -0.05) is 6.92 Å². The summed E-state index contributed by atoms with van der Waals surface area (Å²) >= 11 is 0. The van der Waals surface area contributed by atoms with E-state index in [-0.39, 0.29) is 17.4 Å². The molecule has 1 saturated heterocycles. The summed E-state index contributed by atoms with van der Waals surface area (Å²) in [6.45, 7) is 2.45. The van der Waals surface area contributed by atoms with Crippen molar-refractivity contribution in [2.45, 2.75) is 50.6 Å². The molecule has 1 amide bonds. The maximum absolute atomic E-state index is 11.9. The largest absolute Gasteiger partial charge is 0.457 e. The maximum atomic E-state index is 11.9. The van der Waals surface area contributed by atoms with Gasteiger partial charge in [0.1, 0.15) is 30.1 Å². The van der Waals surface area contributed by atoms with Crippen molar-refractivity contribution in [1.29, 1.82) is 5.26 Å². The first-order valence-electron chi connectivity index (χ1n) is 9.06. The molecule has 0 saturated carbocycles. The van der Waals surface area contributed by atoms with Gasteiger partial charge < -0.3 is 25.0 Å². The lowest BCUT2D eigenvalue weighted by molar-refractivity contribution is -0.153. The van der Waals surface area contributed by atoms with Crippen LogP contribution in [-0.2, 0) is 24.7 Å². The van der Waals surface area contributed by atoms with E-state index in [4.69, 9.17) is 9.47 Å². The van der Waals surface area contributed by atoms with Gasteiger partial charge in [-0.15, -0.1) is 0 Å². The lowest BCUT2D eigenvalue weighted by Crippen LogP contribution is -2.42. The highest BCUT2D eigenvalue weighted by Crippen LogP contribution is 2.41. The van der Waals surface area contributed by atoms with E-state index in [2.05, 4.69) is 15.4 Å². The summed E-state index contributed by atoms with van der Waals surface area (Å²) in [5, 5.41) is 37.1. The zero-order valence-corrected chi connectivity index (χ0v) is 15.9. The third-order valence-corrected chi connectivity index (χ3v) is 4.65. The molecule has 154 valence electrons. The fraction of sp³-hybridized carbons (Fsp3) is 0.500. The summed E-state index contributed by atoms with van der Waals surface area (Å²) in [6.07, 6.45) is -1.76. The molecular formula is C18H21N5O6. The van der Waals surface area contributed by atoms with Crippen LogP contribution in [0.1, 0.15) is 32.4 Å². The van der Waals surface area contributed by atoms with Gasteiger partial charge in [0.05, 0.1) is 12.3 Å². The molecule has 0 radical (unpaired) electrons. The molecule has 0 aliphatic carbocycles. The Labute approximate surface area is 165 Å². The van der Waals surface area contributed by atoms with Crippen molar-refractivity contribution in [3.05, 3.63) is 24.2 Å². The Bertz CT molecular complexity index is 969. The molecule has 1 aliphatic heterocycles. The number of hydrogen-bond acceptors (Lipinski definition) is 9. The van der Waals surface area contributed by atoms with Crippen LogP contribution in [0.2, 0.25) is 0 Å². The highest BCUT2D eigenvalue weighted by molar-refractivity contribution is 5.93. The first-order chi connectivity index (χ1) is 13.9. The topological polar surface area (TPSA) is 159 Å². The van der Waals surface area contributed by atoms with Crippen LogP contribution in [0.25, 0.3) is 5.52 Å². The van der Waals surface area contributed by atoms with Crippen molar-refractivity contribution < 1.29 is 29.3 Å². The number of nitriles is 1. The summed E-state index contributed by atoms with van der Waals surface area (Å²) < 4.78 is 12.1. The minimum Gasteiger partial charge on any atom is -0.457 e. The van der Waals surface area contributed by atoms with Gasteiger partial charge in [0.25, 0.3) is 0 Å². The molecule has 3 rings (SSSR count). The molecule has 1 fully saturated rings. The number of carbonyl (C=O) groups is 2. The van der Waals surface area contributed by atoms with Gasteiger partial charge in [-0.2, -0.15) is 10.4 Å². The van der Waals surface area contributed by atoms with E-state index < -0.39 is 36.5 Å². The van der Waals surface area contributed by atoms with Crippen LogP contribution in [0.15, 0.2) is 18.5 Å². The monoisotopic (exact) mass is 403 g/mol. The van der Waals surface area contributed by atoms with Crippen molar-refractivity contribution >= 4 is 23.2 Å². The van der Waals surface area contributed by atoms with Gasteiger partial charge in [0.15, 0.2) is 11.9 Å². The second-order valence-electron chi connectivity index (χ2n) is 6.63. The van der Waals surface area contributed by atoms with Crippen LogP contribution < -0.4 is 5.32 Å². The quantitative estimate of drug-likeness (QED) is 0.558. The van der Waals surface area contributed by atoms with E-state index in [0.717, 1.165) is 6.92 Å². The van der Waals surface area contributed by atoms with Crippen molar-refractivity contribution in [3.8, 4) is 6.07 Å². The van der Waals surface area contributed by atoms with Crippen molar-refractivity contribution in [1.82, 2.24) is 14.6 Å². The smallest absolute Gasteiger partial charge is 0.303 e. The fourth-order valence-corrected chi connectivity index (χ4v) is 3.38. The number of ether oxygens (including phenoxy) is 2. The van der Waals surface area contributed by atoms with E-state index in [1.165, 1.54) is 16.9 Å². The summed E-state index contributed by atoms with van der Waals surface area (Å²) in [5.41, 5.74) is -1.43. The highest BCUT2D eigenvalue weighted by atomic mass is 16.6. The molecule has 0 aromatic carbocycles. The number of aliphatic hydroxyl groups excluding tert-OH is 2. The van der Waals surface area contributed by atoms with Crippen LogP contribution in [0.5, 0.6) is 0 Å². The van der Waals surface area contributed by atoms with Gasteiger partial charge in [-0.3, -0.25) is 9.59 Å². The third kappa shape index (κ3) is 3.53. The summed E-state index contributed by atoms with van der Waals surface area (Å²) in [7, 11) is 0. The Morgan fingerprint density at radius 2 is 2.24 bits per heavy atom. The maximum Gasteiger partial charge on any atom is 0.303 e. The predicted molar refractivity (Wildman–Crippen MR) is 97.3 cm³/mol. The number of hydrogen-bond donors (Lipinski definition) is 3. The Morgan fingerprint density at radius 1 is 1.48 bits per heavy atom. The molecule has 3 N–H and O–H groups in total. The van der Waals surface area contributed by atoms with Gasteiger partial charge in [-0.05, 0) is 18.6 Å². The number of carbonyl (C=O) groups excluding carboxylic acids is 2. The lowest BCUT2D eigenvalue weighted by atomic mass is 9.92. The summed E-state index contributed by atoms with van der Waals surface area (Å²) in [4.78, 5) is 27.4. The Morgan fingerprint density at radius 3 is 2.86 bits per heavy atom. The highest BCUT2D eigenvalue weighted by Gasteiger charge is 2.59. The number of amides is 1. The number of rotatable bonds is 6. The summed E-state index contributed by atoms with van der Waals surface area (Å²) in [5.74, 6) is -0.674. The van der Waals surface area contributed by atoms with Crippen molar-refractivity contribution in [3.63, 3.8) is 0 Å². The Kier molecular flexibility index (Phi) is 5.78. The normalized spacial score (nSPS) is 26.2. The van der Waals surface area contributed by atoms with Crippen molar-refractivity contribution in [2.24, 2.45) is 0 Å². The molecule has 0 unspecified atom stereocenters. The number of nitrogens with zero attached hydrogens (tertiary/aromatic N) is 4. The standard InChI is InChI=1S/C18H21N5O6/c1-3-4-14(26)22-17-11-5-6-13(23(11)21-9-20-17)18(8-19)16(27)15(28-10(2)25)12(7-24)29-18/h5-6,9,12,15-16,24,27H,3-4,7H2,1-2H3,(H,20,21,22,26)/t12-,15-,16-,18+/m1/s1. The Balaban J connectivity index is 2.06. The van der Waals surface area contributed by atoms with Crippen LogP contribution in [0.4, 0.5) is 5.82 Å². The Hall–Kier alpha value is -3.07. The van der Waals surface area contributed by atoms with Crippen LogP contribution in [0.3, 0.4) is 0 Å². The van der Waals surface area contributed by atoms with Crippen molar-refractivity contribution in [2.75, 3.05) is 11.9 Å². The number of fused-ring (bicyclic) bond motifs is 1. The van der Waals surface area contributed by atoms with Gasteiger partial charge >= 0.3 is 5.97 Å². The van der Waals surface area contributed by atoms with E-state index in [1.807, 2.05) is 13.0 Å². The number of esters is 1. The molecule has 3 heterocycles. The van der Waals surface area contributed by atoms with E-state index in [0.29, 0.717) is 18.4 Å². The summed E-state index contributed by atoms with van der Waals surface area (Å²) in [6, 6.07) is 4.99. The molecule has 2 aromatic heterocycles. The number of aromatic nitrogens is 3. The molecule has 0 spiro atoms. The minimum atomic E-state index is -1.96. The first kappa shape index (κ1) is 20.7. The SMILES string of the molecule is CCCC(=O)Nc1ncnn2c([C@]3(C#N)O[C@H](CO)[C@@H](OC(C)=O)[C@H]3O)ccc12. The molecule has 11 nitrogen and oxygen atoms in total. The zero-order chi connectivity index (χ0) is 21.2. The average molecular weight is 403 g/mol. The fourth-order valence-electron chi connectivity index (χ4n) is 3.38. The van der Waals surface area contributed by atoms with E-state index >= 15 is 0 Å². The number of aliphatic hydroxyl groups is 2. The lowest BCUT2D eigenvalue weighted by Gasteiger charge is -2.24. The van der Waals surface area contributed by atoms with E-state index in [9.17, 15) is 25.1 Å². The van der Waals surface area contributed by atoms with E-state index in [1.54, 1.807) is 6.07 Å². The van der Waals surface area contributed by atoms with Crippen LogP contribution in [-0.4, -0.2) is 61.6 Å². The molecule has 29 heavy (non-hydrogen) atoms. The van der Waals surface area contributed by atoms with Gasteiger partial charge in [0.2, 0.25) is 11.5 Å². The third-order valence-electron chi connectivity index (χ3n) is 4.65. The number of nitrogens with one attached hydrogen (secondary N) is 1. The molecule has 4 atom stereocenters. The second-order valence-corrected chi connectivity index (χ2v) is 6.63. The first-order valence-corrected chi connectivity index (χ1v) is 9.06. The number of anilines is 1. The van der Waals surface area contributed by atoms with Crippen LogP contribution >= 0.6 is 0 Å². The molecule has 1 aliphatic rings. The second kappa shape index (κ2) is 8.12. The molecule has 2 aromatic rings. The minimum absolute atomic E-state index is 0.143. The zero-order valence-electron chi connectivity index (χ0n) is 15.9. The van der Waals surface area contributed by atoms with Gasteiger partial charge in [-0.25, -0.2) is 9.50 Å². The van der Waals surface area contributed by atoms with Crippen LogP contribution in [0, 0.1) is 11.3 Å². The molecule has 0 bridgehead atoms. The molecular weight excluding hydrogens is 382 g/mol. The molecule has 11 heteroatoms. The predicted octanol–water partition coefficient (Wildman–Crippen LogP) is -0.130.